The summed E-state index contributed by atoms with van der Waals surface area (Å²) in [6.07, 6.45) is 9.35. The van der Waals surface area contributed by atoms with Crippen molar-refractivity contribution in [1.29, 1.82) is 0 Å². The first kappa shape index (κ1) is 16.9. The summed E-state index contributed by atoms with van der Waals surface area (Å²) in [4.78, 5) is 29.7. The lowest BCUT2D eigenvalue weighted by atomic mass is 10.1. The summed E-state index contributed by atoms with van der Waals surface area (Å²) in [7, 11) is 1.63. The maximum Gasteiger partial charge on any atom is 0.268 e. The molecule has 1 atom stereocenters. The zero-order valence-electron chi connectivity index (χ0n) is 14.1. The highest BCUT2D eigenvalue weighted by atomic mass is 16.1. The van der Waals surface area contributed by atoms with Gasteiger partial charge in [0.25, 0.3) is 5.56 Å². The van der Waals surface area contributed by atoms with Crippen molar-refractivity contribution < 1.29 is 4.79 Å². The first-order chi connectivity index (χ1) is 12.1. The van der Waals surface area contributed by atoms with E-state index in [-0.39, 0.29) is 11.5 Å². The highest BCUT2D eigenvalue weighted by Crippen LogP contribution is 2.21. The lowest BCUT2D eigenvalue weighted by molar-refractivity contribution is -0.116. The molecule has 1 amide bonds. The molecule has 0 saturated carbocycles. The van der Waals surface area contributed by atoms with E-state index in [1.807, 2.05) is 12.1 Å². The zero-order valence-corrected chi connectivity index (χ0v) is 14.1. The quantitative estimate of drug-likeness (QED) is 0.816. The second-order valence-corrected chi connectivity index (χ2v) is 6.14. The van der Waals surface area contributed by atoms with Crippen molar-refractivity contribution in [2.45, 2.75) is 6.42 Å². The molecular weight excluding hydrogens is 318 g/mol. The van der Waals surface area contributed by atoms with E-state index in [4.69, 9.17) is 0 Å². The van der Waals surface area contributed by atoms with E-state index in [0.717, 1.165) is 30.8 Å². The van der Waals surface area contributed by atoms with E-state index in [0.29, 0.717) is 12.5 Å². The van der Waals surface area contributed by atoms with Gasteiger partial charge in [-0.05, 0) is 30.0 Å². The fraction of sp³-hybridized carbons (Fsp3) is 0.333. The summed E-state index contributed by atoms with van der Waals surface area (Å²) < 4.78 is 1.31. The molecule has 2 aromatic heterocycles. The van der Waals surface area contributed by atoms with Crippen LogP contribution in [0.1, 0.15) is 12.0 Å². The minimum absolute atomic E-state index is 0.113. The maximum atomic E-state index is 11.9. The van der Waals surface area contributed by atoms with Gasteiger partial charge in [0.15, 0.2) is 0 Å². The highest BCUT2D eigenvalue weighted by Gasteiger charge is 2.23. The predicted octanol–water partition coefficient (Wildman–Crippen LogP) is 0.831. The van der Waals surface area contributed by atoms with Crippen LogP contribution in [0, 0.1) is 5.92 Å². The Morgan fingerprint density at radius 2 is 2.32 bits per heavy atom. The topological polar surface area (TPSA) is 80.1 Å². The Labute approximate surface area is 146 Å². The first-order valence-electron chi connectivity index (χ1n) is 8.26. The number of nitrogens with zero attached hydrogens (tertiary/aromatic N) is 4. The van der Waals surface area contributed by atoms with Crippen LogP contribution in [0.15, 0.2) is 47.7 Å². The molecule has 1 saturated heterocycles. The normalized spacial score (nSPS) is 17.2. The Balaban J connectivity index is 1.48. The number of aryl methyl sites for hydroxylation is 1. The van der Waals surface area contributed by atoms with Gasteiger partial charge in [0, 0.05) is 51.2 Å². The van der Waals surface area contributed by atoms with Crippen molar-refractivity contribution in [1.82, 2.24) is 20.1 Å². The van der Waals surface area contributed by atoms with Gasteiger partial charge in [-0.2, -0.15) is 5.10 Å². The van der Waals surface area contributed by atoms with Gasteiger partial charge in [0.2, 0.25) is 5.91 Å². The van der Waals surface area contributed by atoms with Crippen molar-refractivity contribution >= 4 is 17.7 Å². The predicted molar refractivity (Wildman–Crippen MR) is 96.1 cm³/mol. The zero-order chi connectivity index (χ0) is 17.6. The number of aromatic nitrogens is 3. The Kier molecular flexibility index (Phi) is 5.23. The van der Waals surface area contributed by atoms with Crippen molar-refractivity contribution in [3.63, 3.8) is 0 Å². The third-order valence-corrected chi connectivity index (χ3v) is 4.28. The number of hydrogen-bond acceptors (Lipinski definition) is 5. The van der Waals surface area contributed by atoms with E-state index in [9.17, 15) is 9.59 Å². The summed E-state index contributed by atoms with van der Waals surface area (Å²) in [5, 5.41) is 6.99. The number of amides is 1. The molecular formula is C18H21N5O2. The molecule has 3 heterocycles. The van der Waals surface area contributed by atoms with Crippen LogP contribution in [0.3, 0.4) is 0 Å². The Morgan fingerprint density at radius 3 is 3.08 bits per heavy atom. The summed E-state index contributed by atoms with van der Waals surface area (Å²) >= 11 is 0. The van der Waals surface area contributed by atoms with E-state index < -0.39 is 0 Å². The fourth-order valence-corrected chi connectivity index (χ4v) is 2.82. The van der Waals surface area contributed by atoms with Gasteiger partial charge in [-0.3, -0.25) is 14.6 Å². The summed E-state index contributed by atoms with van der Waals surface area (Å²) in [5.74, 6) is 0.248. The van der Waals surface area contributed by atoms with Gasteiger partial charge in [0.05, 0.1) is 11.9 Å². The second-order valence-electron chi connectivity index (χ2n) is 6.14. The molecule has 1 unspecified atom stereocenters. The molecule has 2 aromatic rings. The van der Waals surface area contributed by atoms with Gasteiger partial charge in [-0.25, -0.2) is 4.68 Å². The molecule has 7 nitrogen and oxygen atoms in total. The number of anilines is 1. The molecule has 25 heavy (non-hydrogen) atoms. The van der Waals surface area contributed by atoms with Crippen LogP contribution in [-0.4, -0.2) is 40.3 Å². The van der Waals surface area contributed by atoms with Gasteiger partial charge in [0.1, 0.15) is 0 Å². The maximum absolute atomic E-state index is 11.9. The molecule has 1 N–H and O–H groups in total. The summed E-state index contributed by atoms with van der Waals surface area (Å²) in [6, 6.07) is 5.32. The Hall–Kier alpha value is -2.96. The van der Waals surface area contributed by atoms with Crippen LogP contribution in [0.5, 0.6) is 0 Å². The van der Waals surface area contributed by atoms with Crippen LogP contribution >= 0.6 is 0 Å². The van der Waals surface area contributed by atoms with Crippen LogP contribution in [0.2, 0.25) is 0 Å². The molecule has 1 aliphatic heterocycles. The number of carbonyl (C=O) groups is 1. The van der Waals surface area contributed by atoms with Crippen molar-refractivity contribution in [2.24, 2.45) is 13.0 Å². The number of rotatable bonds is 5. The molecule has 3 rings (SSSR count). The Morgan fingerprint density at radius 1 is 1.44 bits per heavy atom. The SMILES string of the molecule is Cn1ncc(N2CCC(CNC(=O)/C=C/c3cccnc3)C2)cc1=O. The molecule has 1 fully saturated rings. The number of hydrogen-bond donors (Lipinski definition) is 1. The van der Waals surface area contributed by atoms with Crippen molar-refractivity contribution in [2.75, 3.05) is 24.5 Å². The van der Waals surface area contributed by atoms with E-state index >= 15 is 0 Å². The Bertz CT molecular complexity index is 816. The molecule has 0 aromatic carbocycles. The van der Waals surface area contributed by atoms with Gasteiger partial charge in [-0.1, -0.05) is 6.07 Å². The van der Waals surface area contributed by atoms with Gasteiger partial charge >= 0.3 is 0 Å². The van der Waals surface area contributed by atoms with Crippen LogP contribution in [0.25, 0.3) is 6.08 Å². The molecule has 1 aliphatic rings. The average molecular weight is 339 g/mol. The van der Waals surface area contributed by atoms with Crippen molar-refractivity contribution in [3.8, 4) is 0 Å². The minimum atomic E-state index is -0.116. The highest BCUT2D eigenvalue weighted by molar-refractivity contribution is 5.91. The average Bonchev–Trinajstić information content (AvgIpc) is 3.10. The summed E-state index contributed by atoms with van der Waals surface area (Å²) in [6.45, 7) is 2.29. The second kappa shape index (κ2) is 7.74. The molecule has 7 heteroatoms. The van der Waals surface area contributed by atoms with E-state index in [1.165, 1.54) is 10.8 Å². The van der Waals surface area contributed by atoms with E-state index in [1.54, 1.807) is 37.8 Å². The van der Waals surface area contributed by atoms with Crippen molar-refractivity contribution in [3.05, 3.63) is 58.8 Å². The first-order valence-corrected chi connectivity index (χ1v) is 8.26. The van der Waals surface area contributed by atoms with E-state index in [2.05, 4.69) is 20.3 Å². The third-order valence-electron chi connectivity index (χ3n) is 4.28. The molecule has 130 valence electrons. The lowest BCUT2D eigenvalue weighted by Gasteiger charge is -2.18. The number of nitrogens with one attached hydrogen (secondary N) is 1. The summed E-state index contributed by atoms with van der Waals surface area (Å²) in [5.41, 5.74) is 1.62. The lowest BCUT2D eigenvalue weighted by Crippen LogP contribution is -2.30. The molecule has 0 aliphatic carbocycles. The minimum Gasteiger partial charge on any atom is -0.370 e. The fourth-order valence-electron chi connectivity index (χ4n) is 2.82. The van der Waals surface area contributed by atoms with Gasteiger partial charge in [-0.15, -0.1) is 0 Å². The molecule has 0 radical (unpaired) electrons. The standard InChI is InChI=1S/C18H21N5O2/c1-22-18(25)9-16(12-21-22)23-8-6-15(13-23)11-20-17(24)5-4-14-3-2-7-19-10-14/h2-5,7,9-10,12,15H,6,8,11,13H2,1H3,(H,20,24)/b5-4+. The van der Waals surface area contributed by atoms with Crippen LogP contribution in [0.4, 0.5) is 5.69 Å². The van der Waals surface area contributed by atoms with Crippen LogP contribution in [-0.2, 0) is 11.8 Å². The monoisotopic (exact) mass is 339 g/mol. The number of pyridine rings is 1. The third kappa shape index (κ3) is 4.53. The largest absolute Gasteiger partial charge is 0.370 e. The molecule has 0 bridgehead atoms. The molecule has 0 spiro atoms. The van der Waals surface area contributed by atoms with Crippen LogP contribution < -0.4 is 15.8 Å². The van der Waals surface area contributed by atoms with Gasteiger partial charge < -0.3 is 10.2 Å². The smallest absolute Gasteiger partial charge is 0.268 e. The number of carbonyl (C=O) groups excluding carboxylic acids is 1.